The third kappa shape index (κ3) is 1.95. The highest BCUT2D eigenvalue weighted by Gasteiger charge is 2.19. The molecule has 0 unspecified atom stereocenters. The van der Waals surface area contributed by atoms with Gasteiger partial charge in [-0.25, -0.2) is 4.68 Å². The van der Waals surface area contributed by atoms with Crippen molar-refractivity contribution in [2.24, 2.45) is 0 Å². The zero-order chi connectivity index (χ0) is 13.4. The lowest BCUT2D eigenvalue weighted by Crippen LogP contribution is -2.23. The molecule has 1 aromatic carbocycles. The third-order valence-corrected chi connectivity index (χ3v) is 4.01. The van der Waals surface area contributed by atoms with Gasteiger partial charge in [-0.15, -0.1) is 0 Å². The van der Waals surface area contributed by atoms with E-state index in [0.29, 0.717) is 0 Å². The van der Waals surface area contributed by atoms with Crippen LogP contribution < -0.4 is 0 Å². The highest BCUT2D eigenvalue weighted by molar-refractivity contribution is 5.36. The number of fused-ring (bicyclic) bond motifs is 1. The molecule has 2 aromatic rings. The molecule has 1 aliphatic heterocycles. The maximum atomic E-state index is 4.80. The molecule has 2 aliphatic rings. The van der Waals surface area contributed by atoms with Gasteiger partial charge in [0.25, 0.3) is 0 Å². The highest BCUT2D eigenvalue weighted by atomic mass is 15.3. The fourth-order valence-corrected chi connectivity index (χ4v) is 2.83. The van der Waals surface area contributed by atoms with Crippen LogP contribution in [0.3, 0.4) is 0 Å². The molecular weight excluding hydrogens is 246 g/mol. The molecule has 0 N–H and O–H groups in total. The molecule has 0 amide bonds. The predicted molar refractivity (Wildman–Crippen MR) is 79.5 cm³/mol. The summed E-state index contributed by atoms with van der Waals surface area (Å²) >= 11 is 0. The molecule has 0 atom stereocenters. The molecule has 0 spiro atoms. The molecular formula is C17H17N3. The first-order valence-corrected chi connectivity index (χ1v) is 7.16. The van der Waals surface area contributed by atoms with Crippen LogP contribution in [-0.4, -0.2) is 21.2 Å². The molecule has 2 heterocycles. The average Bonchev–Trinajstić information content (AvgIpc) is 2.72. The maximum absolute atomic E-state index is 4.80. The van der Waals surface area contributed by atoms with E-state index < -0.39 is 0 Å². The van der Waals surface area contributed by atoms with E-state index in [1.54, 1.807) is 0 Å². The van der Waals surface area contributed by atoms with Gasteiger partial charge in [0, 0.05) is 18.4 Å². The molecule has 0 saturated heterocycles. The summed E-state index contributed by atoms with van der Waals surface area (Å²) < 4.78 is 2.01. The first-order chi connectivity index (χ1) is 9.90. The van der Waals surface area contributed by atoms with E-state index in [2.05, 4.69) is 53.6 Å². The number of hydrogen-bond acceptors (Lipinski definition) is 2. The monoisotopic (exact) mass is 263 g/mol. The van der Waals surface area contributed by atoms with Crippen LogP contribution in [0.1, 0.15) is 17.7 Å². The Bertz CT molecular complexity index is 680. The van der Waals surface area contributed by atoms with E-state index in [4.69, 9.17) is 5.10 Å². The van der Waals surface area contributed by atoms with Gasteiger partial charge in [-0.05, 0) is 42.7 Å². The van der Waals surface area contributed by atoms with Gasteiger partial charge in [0.2, 0.25) is 0 Å². The summed E-state index contributed by atoms with van der Waals surface area (Å²) in [4.78, 5) is 2.42. The molecule has 4 rings (SSSR count). The number of para-hydroxylation sites is 1. The second-order valence-corrected chi connectivity index (χ2v) is 5.36. The number of nitrogens with zero attached hydrogens (tertiary/aromatic N) is 3. The quantitative estimate of drug-likeness (QED) is 0.830. The topological polar surface area (TPSA) is 21.1 Å². The maximum Gasteiger partial charge on any atom is 0.0854 e. The van der Waals surface area contributed by atoms with Crippen LogP contribution in [0.2, 0.25) is 0 Å². The third-order valence-electron chi connectivity index (χ3n) is 4.01. The molecule has 0 fully saturated rings. The first kappa shape index (κ1) is 11.5. The number of aromatic nitrogens is 2. The summed E-state index contributed by atoms with van der Waals surface area (Å²) in [5, 5.41) is 4.80. The molecule has 1 aromatic heterocycles. The molecule has 3 nitrogen and oxygen atoms in total. The van der Waals surface area contributed by atoms with Crippen molar-refractivity contribution < 1.29 is 0 Å². The van der Waals surface area contributed by atoms with Crippen molar-refractivity contribution in [3.63, 3.8) is 0 Å². The number of allylic oxidation sites excluding steroid dienone is 3. The minimum absolute atomic E-state index is 0.922. The fourth-order valence-electron chi connectivity index (χ4n) is 2.83. The number of aryl methyl sites for hydroxylation is 1. The number of benzene rings is 1. The Labute approximate surface area is 118 Å². The Kier molecular flexibility index (Phi) is 2.69. The van der Waals surface area contributed by atoms with E-state index in [1.165, 1.54) is 23.4 Å². The van der Waals surface area contributed by atoms with E-state index in [0.717, 1.165) is 25.2 Å². The summed E-state index contributed by atoms with van der Waals surface area (Å²) in [6.07, 6.45) is 11.0. The summed E-state index contributed by atoms with van der Waals surface area (Å²) in [6, 6.07) is 10.3. The van der Waals surface area contributed by atoms with Crippen LogP contribution in [0.4, 0.5) is 0 Å². The Hall–Kier alpha value is -2.29. The summed E-state index contributed by atoms with van der Waals surface area (Å²) in [5.74, 6) is 0. The van der Waals surface area contributed by atoms with Gasteiger partial charge < -0.3 is 4.90 Å². The van der Waals surface area contributed by atoms with Gasteiger partial charge in [-0.2, -0.15) is 5.10 Å². The van der Waals surface area contributed by atoms with Crippen LogP contribution in [-0.2, 0) is 13.0 Å². The zero-order valence-electron chi connectivity index (χ0n) is 11.4. The molecule has 0 bridgehead atoms. The van der Waals surface area contributed by atoms with Gasteiger partial charge in [0.15, 0.2) is 0 Å². The average molecular weight is 263 g/mol. The lowest BCUT2D eigenvalue weighted by molar-refractivity contribution is 0.344. The molecule has 100 valence electrons. The second kappa shape index (κ2) is 4.67. The summed E-state index contributed by atoms with van der Waals surface area (Å²) in [5.41, 5.74) is 5.08. The smallest absolute Gasteiger partial charge is 0.0854 e. The van der Waals surface area contributed by atoms with Crippen LogP contribution >= 0.6 is 0 Å². The lowest BCUT2D eigenvalue weighted by atomic mass is 10.1. The van der Waals surface area contributed by atoms with Crippen LogP contribution in [0, 0.1) is 0 Å². The van der Waals surface area contributed by atoms with Crippen molar-refractivity contribution in [1.82, 2.24) is 14.7 Å². The SMILES string of the molecule is C1=CC(N2CCCc3cn(-c4ccccc4)nc3C2)=C1. The van der Waals surface area contributed by atoms with Gasteiger partial charge >= 0.3 is 0 Å². The van der Waals surface area contributed by atoms with Crippen molar-refractivity contribution in [2.75, 3.05) is 6.54 Å². The Balaban J connectivity index is 1.65. The Morgan fingerprint density at radius 3 is 2.70 bits per heavy atom. The highest BCUT2D eigenvalue weighted by Crippen LogP contribution is 2.24. The largest absolute Gasteiger partial charge is 0.366 e. The lowest BCUT2D eigenvalue weighted by Gasteiger charge is -2.25. The molecule has 1 aliphatic carbocycles. The van der Waals surface area contributed by atoms with Crippen LogP contribution in [0.15, 0.2) is 60.5 Å². The first-order valence-electron chi connectivity index (χ1n) is 7.16. The van der Waals surface area contributed by atoms with Crippen molar-refractivity contribution in [2.45, 2.75) is 19.4 Å². The number of hydrogen-bond donors (Lipinski definition) is 0. The Morgan fingerprint density at radius 1 is 1.10 bits per heavy atom. The van der Waals surface area contributed by atoms with E-state index >= 15 is 0 Å². The minimum Gasteiger partial charge on any atom is -0.366 e. The van der Waals surface area contributed by atoms with E-state index in [-0.39, 0.29) is 0 Å². The van der Waals surface area contributed by atoms with Crippen molar-refractivity contribution in [3.05, 3.63) is 71.7 Å². The minimum atomic E-state index is 0.922. The van der Waals surface area contributed by atoms with Crippen LogP contribution in [0.5, 0.6) is 0 Å². The fraction of sp³-hybridized carbons (Fsp3) is 0.235. The number of rotatable bonds is 2. The van der Waals surface area contributed by atoms with E-state index in [1.807, 2.05) is 10.7 Å². The molecule has 20 heavy (non-hydrogen) atoms. The predicted octanol–water partition coefficient (Wildman–Crippen LogP) is 3.07. The van der Waals surface area contributed by atoms with Gasteiger partial charge in [-0.3, -0.25) is 0 Å². The normalized spacial score (nSPS) is 17.2. The van der Waals surface area contributed by atoms with Gasteiger partial charge in [0.05, 0.1) is 17.9 Å². The van der Waals surface area contributed by atoms with Crippen molar-refractivity contribution in [1.29, 1.82) is 0 Å². The van der Waals surface area contributed by atoms with Gasteiger partial charge in [0.1, 0.15) is 0 Å². The van der Waals surface area contributed by atoms with E-state index in [9.17, 15) is 0 Å². The Morgan fingerprint density at radius 2 is 1.95 bits per heavy atom. The summed E-state index contributed by atoms with van der Waals surface area (Å²) in [6.45, 7) is 2.04. The van der Waals surface area contributed by atoms with Crippen LogP contribution in [0.25, 0.3) is 5.69 Å². The molecule has 3 heteroatoms. The van der Waals surface area contributed by atoms with Crippen molar-refractivity contribution in [3.8, 4) is 5.69 Å². The molecule has 0 radical (unpaired) electrons. The molecule has 0 saturated carbocycles. The second-order valence-electron chi connectivity index (χ2n) is 5.36. The summed E-state index contributed by atoms with van der Waals surface area (Å²) in [7, 11) is 0. The standard InChI is InChI=1S/C17H17N3/c1-2-7-16(8-3-1)20-12-14-6-5-11-19(13-17(14)18-20)15-9-4-10-15/h1-4,7-10,12H,5-6,11,13H2. The van der Waals surface area contributed by atoms with Gasteiger partial charge in [-0.1, -0.05) is 24.3 Å². The van der Waals surface area contributed by atoms with Crippen molar-refractivity contribution >= 4 is 0 Å². The zero-order valence-corrected chi connectivity index (χ0v) is 11.4.